The Morgan fingerprint density at radius 3 is 2.54 bits per heavy atom. The van der Waals surface area contributed by atoms with Gasteiger partial charge in [-0.05, 0) is 72.6 Å². The summed E-state index contributed by atoms with van der Waals surface area (Å²) in [5.41, 5.74) is 1.68. The fourth-order valence-electron chi connectivity index (χ4n) is 4.54. The zero-order valence-electron chi connectivity index (χ0n) is 20.1. The highest BCUT2D eigenvalue weighted by atomic mass is 32.1. The van der Waals surface area contributed by atoms with Gasteiger partial charge in [-0.1, -0.05) is 44.2 Å². The van der Waals surface area contributed by atoms with E-state index >= 15 is 0 Å². The zero-order valence-corrected chi connectivity index (χ0v) is 20.9. The molecule has 1 atom stereocenters. The number of anilines is 1. The molecule has 0 bridgehead atoms. The molecule has 0 radical (unpaired) electrons. The standard InChI is InChI=1S/C27H28N4O3S/c1-27(2,3)17-9-14-21-22(15-17)35-25-24(21)26(33)31(30-29-25)16-23(32)28-18-10-12-20(13-11-18)34-19-7-5-4-6-8-19/h4-8,10-13,17H,9,14-16H2,1-3H3,(H,28,32). The molecule has 0 spiro atoms. The number of ether oxygens (including phenoxy) is 1. The van der Waals surface area contributed by atoms with Crippen LogP contribution in [0, 0.1) is 11.3 Å². The second-order valence-electron chi connectivity index (χ2n) is 10.0. The molecular formula is C27H28N4O3S. The molecule has 4 aromatic rings. The lowest BCUT2D eigenvalue weighted by Crippen LogP contribution is -2.31. The first-order valence-electron chi connectivity index (χ1n) is 11.8. The minimum atomic E-state index is -0.339. The van der Waals surface area contributed by atoms with Crippen LogP contribution in [0.4, 0.5) is 5.69 Å². The summed E-state index contributed by atoms with van der Waals surface area (Å²) in [5, 5.41) is 11.8. The van der Waals surface area contributed by atoms with Crippen molar-refractivity contribution >= 4 is 33.1 Å². The van der Waals surface area contributed by atoms with Gasteiger partial charge in [0.2, 0.25) is 5.91 Å². The molecule has 8 heteroatoms. The van der Waals surface area contributed by atoms with E-state index in [-0.39, 0.29) is 23.4 Å². The molecule has 0 aliphatic heterocycles. The van der Waals surface area contributed by atoms with Gasteiger partial charge in [0.15, 0.2) is 4.83 Å². The molecule has 180 valence electrons. The molecule has 1 unspecified atom stereocenters. The Labute approximate surface area is 207 Å². The molecule has 5 rings (SSSR count). The van der Waals surface area contributed by atoms with E-state index in [1.165, 1.54) is 4.88 Å². The number of benzene rings is 2. The SMILES string of the molecule is CC(C)(C)C1CCc2c(sc3nnn(CC(=O)Nc4ccc(Oc5ccccc5)cc4)c(=O)c23)C1. The van der Waals surface area contributed by atoms with Crippen LogP contribution in [-0.2, 0) is 24.2 Å². The molecule has 1 aliphatic rings. The van der Waals surface area contributed by atoms with Gasteiger partial charge in [0, 0.05) is 10.6 Å². The maximum absolute atomic E-state index is 13.2. The second kappa shape index (κ2) is 9.26. The van der Waals surface area contributed by atoms with Crippen molar-refractivity contribution in [3.8, 4) is 11.5 Å². The lowest BCUT2D eigenvalue weighted by molar-refractivity contribution is -0.117. The van der Waals surface area contributed by atoms with Gasteiger partial charge in [0.25, 0.3) is 5.56 Å². The van der Waals surface area contributed by atoms with Crippen molar-refractivity contribution in [1.29, 1.82) is 0 Å². The van der Waals surface area contributed by atoms with Gasteiger partial charge in [0.1, 0.15) is 18.0 Å². The summed E-state index contributed by atoms with van der Waals surface area (Å²) >= 11 is 1.57. The minimum Gasteiger partial charge on any atom is -0.457 e. The Morgan fingerprint density at radius 2 is 1.83 bits per heavy atom. The van der Waals surface area contributed by atoms with Crippen molar-refractivity contribution in [3.05, 3.63) is 75.4 Å². The number of carbonyl (C=O) groups excluding carboxylic acids is 1. The van der Waals surface area contributed by atoms with Crippen molar-refractivity contribution in [2.24, 2.45) is 11.3 Å². The molecule has 35 heavy (non-hydrogen) atoms. The van der Waals surface area contributed by atoms with Gasteiger partial charge >= 0.3 is 0 Å². The molecular weight excluding hydrogens is 460 g/mol. The Kier molecular flexibility index (Phi) is 6.15. The Hall–Kier alpha value is -3.52. The molecule has 1 amide bonds. The third kappa shape index (κ3) is 4.98. The number of fused-ring (bicyclic) bond motifs is 3. The van der Waals surface area contributed by atoms with Crippen LogP contribution in [0.3, 0.4) is 0 Å². The van der Waals surface area contributed by atoms with Gasteiger partial charge in [-0.2, -0.15) is 0 Å². The number of para-hydroxylation sites is 1. The average molecular weight is 489 g/mol. The van der Waals surface area contributed by atoms with E-state index in [4.69, 9.17) is 4.74 Å². The molecule has 1 N–H and O–H groups in total. The van der Waals surface area contributed by atoms with E-state index in [1.54, 1.807) is 35.6 Å². The maximum Gasteiger partial charge on any atom is 0.279 e. The first kappa shape index (κ1) is 23.2. The van der Waals surface area contributed by atoms with E-state index in [9.17, 15) is 9.59 Å². The average Bonchev–Trinajstić information content (AvgIpc) is 3.21. The highest BCUT2D eigenvalue weighted by Gasteiger charge is 2.32. The summed E-state index contributed by atoms with van der Waals surface area (Å²) < 4.78 is 6.94. The number of amides is 1. The number of hydrogen-bond acceptors (Lipinski definition) is 6. The van der Waals surface area contributed by atoms with Crippen LogP contribution in [0.5, 0.6) is 11.5 Å². The van der Waals surface area contributed by atoms with E-state index in [1.807, 2.05) is 30.3 Å². The smallest absolute Gasteiger partial charge is 0.279 e. The van der Waals surface area contributed by atoms with Gasteiger partial charge in [-0.25, -0.2) is 4.68 Å². The van der Waals surface area contributed by atoms with E-state index < -0.39 is 0 Å². The molecule has 0 saturated carbocycles. The van der Waals surface area contributed by atoms with Gasteiger partial charge in [-0.15, -0.1) is 16.4 Å². The molecule has 7 nitrogen and oxygen atoms in total. The predicted octanol–water partition coefficient (Wildman–Crippen LogP) is 5.44. The minimum absolute atomic E-state index is 0.195. The number of rotatable bonds is 5. The van der Waals surface area contributed by atoms with E-state index in [0.29, 0.717) is 27.6 Å². The Bertz CT molecular complexity index is 1420. The topological polar surface area (TPSA) is 86.1 Å². The van der Waals surface area contributed by atoms with Crippen molar-refractivity contribution in [1.82, 2.24) is 15.0 Å². The van der Waals surface area contributed by atoms with Crippen molar-refractivity contribution in [3.63, 3.8) is 0 Å². The van der Waals surface area contributed by atoms with Crippen LogP contribution in [0.15, 0.2) is 59.4 Å². The number of nitrogens with zero attached hydrogens (tertiary/aromatic N) is 3. The van der Waals surface area contributed by atoms with Crippen LogP contribution in [-0.4, -0.2) is 20.9 Å². The fourth-order valence-corrected chi connectivity index (χ4v) is 5.77. The monoisotopic (exact) mass is 488 g/mol. The van der Waals surface area contributed by atoms with Crippen LogP contribution < -0.4 is 15.6 Å². The summed E-state index contributed by atoms with van der Waals surface area (Å²) in [4.78, 5) is 27.8. The molecule has 0 fully saturated rings. The number of hydrogen-bond donors (Lipinski definition) is 1. The van der Waals surface area contributed by atoms with Crippen molar-refractivity contribution in [2.75, 3.05) is 5.32 Å². The van der Waals surface area contributed by atoms with Gasteiger partial charge < -0.3 is 10.1 Å². The first-order chi connectivity index (χ1) is 16.8. The largest absolute Gasteiger partial charge is 0.457 e. The molecule has 1 aliphatic carbocycles. The maximum atomic E-state index is 13.2. The number of nitrogens with one attached hydrogen (secondary N) is 1. The number of carbonyl (C=O) groups is 1. The third-order valence-corrected chi connectivity index (χ3v) is 7.71. The highest BCUT2D eigenvalue weighted by Crippen LogP contribution is 2.41. The number of aryl methyl sites for hydroxylation is 1. The molecule has 0 saturated heterocycles. The first-order valence-corrected chi connectivity index (χ1v) is 12.6. The highest BCUT2D eigenvalue weighted by molar-refractivity contribution is 7.18. The lowest BCUT2D eigenvalue weighted by atomic mass is 9.72. The Balaban J connectivity index is 1.29. The number of aromatic nitrogens is 3. The predicted molar refractivity (Wildman–Crippen MR) is 138 cm³/mol. The summed E-state index contributed by atoms with van der Waals surface area (Å²) in [6.45, 7) is 6.61. The van der Waals surface area contributed by atoms with Crippen LogP contribution >= 0.6 is 11.3 Å². The summed E-state index contributed by atoms with van der Waals surface area (Å²) in [6, 6.07) is 16.6. The molecule has 2 aromatic heterocycles. The molecule has 2 aromatic carbocycles. The molecule has 2 heterocycles. The van der Waals surface area contributed by atoms with Gasteiger partial charge in [0.05, 0.1) is 5.39 Å². The third-order valence-electron chi connectivity index (χ3n) is 6.57. The fraction of sp³-hybridized carbons (Fsp3) is 0.333. The van der Waals surface area contributed by atoms with E-state index in [0.717, 1.165) is 35.3 Å². The van der Waals surface area contributed by atoms with Crippen LogP contribution in [0.2, 0.25) is 0 Å². The summed E-state index contributed by atoms with van der Waals surface area (Å²) in [6.07, 6.45) is 2.88. The van der Waals surface area contributed by atoms with Gasteiger partial charge in [-0.3, -0.25) is 9.59 Å². The lowest BCUT2D eigenvalue weighted by Gasteiger charge is -2.33. The quantitative estimate of drug-likeness (QED) is 0.405. The van der Waals surface area contributed by atoms with E-state index in [2.05, 4.69) is 36.4 Å². The Morgan fingerprint density at radius 1 is 1.11 bits per heavy atom. The van der Waals surface area contributed by atoms with Crippen molar-refractivity contribution < 1.29 is 9.53 Å². The number of thiophene rings is 1. The van der Waals surface area contributed by atoms with Crippen LogP contribution in [0.1, 0.15) is 37.6 Å². The van der Waals surface area contributed by atoms with Crippen molar-refractivity contribution in [2.45, 2.75) is 46.6 Å². The van der Waals surface area contributed by atoms with Crippen LogP contribution in [0.25, 0.3) is 10.2 Å². The summed E-state index contributed by atoms with van der Waals surface area (Å²) in [5.74, 6) is 1.64. The normalized spacial score (nSPS) is 15.6. The second-order valence-corrected chi connectivity index (χ2v) is 11.1. The zero-order chi connectivity index (χ0) is 24.6. The summed E-state index contributed by atoms with van der Waals surface area (Å²) in [7, 11) is 0.